The Balaban J connectivity index is 1.37. The highest BCUT2D eigenvalue weighted by atomic mass is 35.5. The Hall–Kier alpha value is -4.48. The van der Waals surface area contributed by atoms with Crippen molar-refractivity contribution in [3.63, 3.8) is 0 Å². The van der Waals surface area contributed by atoms with Crippen LogP contribution in [0.2, 0.25) is 5.02 Å². The molecule has 0 aliphatic rings. The summed E-state index contributed by atoms with van der Waals surface area (Å²) in [6.45, 7) is -0.472. The smallest absolute Gasteiger partial charge is 0.355 e. The molecule has 188 valence electrons. The van der Waals surface area contributed by atoms with Gasteiger partial charge in [-0.3, -0.25) is 14.9 Å². The molecule has 0 aliphatic heterocycles. The lowest BCUT2D eigenvalue weighted by molar-refractivity contribution is -0.385. The van der Waals surface area contributed by atoms with Gasteiger partial charge in [0.25, 0.3) is 5.91 Å². The maximum Gasteiger partial charge on any atom is 0.355 e. The summed E-state index contributed by atoms with van der Waals surface area (Å²) in [4.78, 5) is 35.4. The molecule has 1 amide bonds. The Labute approximate surface area is 219 Å². The van der Waals surface area contributed by atoms with E-state index in [4.69, 9.17) is 25.8 Å². The van der Waals surface area contributed by atoms with Gasteiger partial charge in [0, 0.05) is 16.2 Å². The van der Waals surface area contributed by atoms with E-state index in [9.17, 15) is 19.7 Å². The molecular formula is C25H18ClN3O7S. The van der Waals surface area contributed by atoms with Crippen molar-refractivity contribution in [2.24, 2.45) is 5.10 Å². The summed E-state index contributed by atoms with van der Waals surface area (Å²) in [5.74, 6) is -0.817. The average molecular weight is 540 g/mol. The molecule has 1 heterocycles. The summed E-state index contributed by atoms with van der Waals surface area (Å²) >= 11 is 7.60. The molecule has 0 saturated carbocycles. The molecule has 4 rings (SSSR count). The van der Waals surface area contributed by atoms with Gasteiger partial charge in [0.2, 0.25) is 0 Å². The zero-order valence-corrected chi connectivity index (χ0v) is 20.7. The molecule has 0 fully saturated rings. The Kier molecular flexibility index (Phi) is 7.96. The molecule has 0 bridgehead atoms. The number of nitro benzene ring substituents is 1. The van der Waals surface area contributed by atoms with Crippen LogP contribution in [0, 0.1) is 10.1 Å². The first-order chi connectivity index (χ1) is 17.9. The van der Waals surface area contributed by atoms with E-state index >= 15 is 0 Å². The zero-order valence-electron chi connectivity index (χ0n) is 19.2. The number of ether oxygens (including phenoxy) is 3. The van der Waals surface area contributed by atoms with Crippen molar-refractivity contribution < 1.29 is 28.7 Å². The van der Waals surface area contributed by atoms with Crippen molar-refractivity contribution in [3.8, 4) is 17.2 Å². The van der Waals surface area contributed by atoms with Crippen LogP contribution < -0.4 is 19.6 Å². The second-order valence-corrected chi connectivity index (χ2v) is 8.78. The number of carbonyl (C=O) groups is 2. The molecule has 1 N–H and O–H groups in total. The lowest BCUT2D eigenvalue weighted by atomic mass is 10.2. The first kappa shape index (κ1) is 25.6. The number of hydrazone groups is 1. The van der Waals surface area contributed by atoms with E-state index in [1.807, 2.05) is 24.3 Å². The van der Waals surface area contributed by atoms with Crippen LogP contribution in [0.3, 0.4) is 0 Å². The van der Waals surface area contributed by atoms with Gasteiger partial charge < -0.3 is 14.2 Å². The summed E-state index contributed by atoms with van der Waals surface area (Å²) in [6.07, 6.45) is 1.35. The number of hydrogen-bond acceptors (Lipinski definition) is 9. The van der Waals surface area contributed by atoms with E-state index < -0.39 is 23.4 Å². The fraction of sp³-hybridized carbons (Fsp3) is 0.0800. The number of hydrogen-bond donors (Lipinski definition) is 1. The lowest BCUT2D eigenvalue weighted by Crippen LogP contribution is -2.24. The molecule has 3 aromatic carbocycles. The molecule has 0 aliphatic carbocycles. The second-order valence-electron chi connectivity index (χ2n) is 7.35. The molecule has 10 nitrogen and oxygen atoms in total. The highest BCUT2D eigenvalue weighted by molar-refractivity contribution is 7.21. The van der Waals surface area contributed by atoms with E-state index in [0.29, 0.717) is 10.6 Å². The number of amides is 1. The Bertz CT molecular complexity index is 1520. The van der Waals surface area contributed by atoms with Gasteiger partial charge in [-0.1, -0.05) is 41.9 Å². The van der Waals surface area contributed by atoms with Crippen LogP contribution in [0.4, 0.5) is 5.69 Å². The van der Waals surface area contributed by atoms with Gasteiger partial charge in [0.05, 0.1) is 23.3 Å². The molecular weight excluding hydrogens is 522 g/mol. The Morgan fingerprint density at radius 2 is 1.84 bits per heavy atom. The number of nitrogens with zero attached hydrogens (tertiary/aromatic N) is 2. The van der Waals surface area contributed by atoms with Crippen LogP contribution in [0.25, 0.3) is 10.1 Å². The van der Waals surface area contributed by atoms with E-state index in [1.54, 1.807) is 18.2 Å². The highest BCUT2D eigenvalue weighted by Crippen LogP contribution is 2.37. The van der Waals surface area contributed by atoms with Gasteiger partial charge in [0.15, 0.2) is 23.9 Å². The van der Waals surface area contributed by atoms with Crippen LogP contribution in [-0.4, -0.2) is 36.7 Å². The van der Waals surface area contributed by atoms with Crippen molar-refractivity contribution in [2.75, 3.05) is 13.7 Å². The fourth-order valence-electron chi connectivity index (χ4n) is 3.22. The number of benzene rings is 3. The predicted octanol–water partition coefficient (Wildman–Crippen LogP) is 5.22. The number of thiophene rings is 1. The van der Waals surface area contributed by atoms with Gasteiger partial charge in [-0.25, -0.2) is 10.2 Å². The van der Waals surface area contributed by atoms with Crippen molar-refractivity contribution in [3.05, 3.63) is 92.3 Å². The standard InChI is InChI=1S/C25H18ClN3O7S/c1-34-20-12-15(13-27-28-22(30)14-35-18-8-4-3-7-17(18)29(32)33)10-11-19(20)36-25(31)24-23(26)16-6-2-5-9-21(16)37-24/h2-13H,14H2,1H3,(H,28,30)/b27-13+. The van der Waals surface area contributed by atoms with Gasteiger partial charge in [0.1, 0.15) is 4.88 Å². The minimum absolute atomic E-state index is 0.0292. The minimum Gasteiger partial charge on any atom is -0.493 e. The molecule has 0 spiro atoms. The maximum absolute atomic E-state index is 12.8. The van der Waals surface area contributed by atoms with Crippen molar-refractivity contribution in [1.29, 1.82) is 0 Å². The number of para-hydroxylation sites is 2. The van der Waals surface area contributed by atoms with Gasteiger partial charge in [-0.15, -0.1) is 11.3 Å². The quantitative estimate of drug-likeness (QED) is 0.101. The van der Waals surface area contributed by atoms with Gasteiger partial charge in [-0.05, 0) is 35.9 Å². The van der Waals surface area contributed by atoms with Crippen LogP contribution >= 0.6 is 22.9 Å². The molecule has 12 heteroatoms. The molecule has 4 aromatic rings. The van der Waals surface area contributed by atoms with E-state index in [0.717, 1.165) is 10.1 Å². The largest absolute Gasteiger partial charge is 0.493 e. The number of halogens is 1. The number of rotatable bonds is 9. The summed E-state index contributed by atoms with van der Waals surface area (Å²) in [5.41, 5.74) is 2.56. The zero-order chi connectivity index (χ0) is 26.4. The normalized spacial score (nSPS) is 10.9. The van der Waals surface area contributed by atoms with Crippen LogP contribution in [-0.2, 0) is 4.79 Å². The number of esters is 1. The Morgan fingerprint density at radius 3 is 2.59 bits per heavy atom. The molecule has 0 radical (unpaired) electrons. The summed E-state index contributed by atoms with van der Waals surface area (Å²) in [6, 6.07) is 17.8. The number of methoxy groups -OCH3 is 1. The summed E-state index contributed by atoms with van der Waals surface area (Å²) in [5, 5.41) is 16.0. The first-order valence-corrected chi connectivity index (χ1v) is 11.8. The second kappa shape index (κ2) is 11.5. The van der Waals surface area contributed by atoms with E-state index in [-0.39, 0.29) is 27.8 Å². The number of fused-ring (bicyclic) bond motifs is 1. The molecule has 37 heavy (non-hydrogen) atoms. The molecule has 0 atom stereocenters. The first-order valence-electron chi connectivity index (χ1n) is 10.6. The van der Waals surface area contributed by atoms with Gasteiger partial charge >= 0.3 is 11.7 Å². The third-order valence-electron chi connectivity index (χ3n) is 4.93. The number of carbonyl (C=O) groups excluding carboxylic acids is 2. The molecule has 0 unspecified atom stereocenters. The van der Waals surface area contributed by atoms with E-state index in [2.05, 4.69) is 10.5 Å². The van der Waals surface area contributed by atoms with Crippen molar-refractivity contribution >= 4 is 56.8 Å². The summed E-state index contributed by atoms with van der Waals surface area (Å²) < 4.78 is 16.9. The van der Waals surface area contributed by atoms with Crippen LogP contribution in [0.5, 0.6) is 17.2 Å². The number of nitrogens with one attached hydrogen (secondary N) is 1. The van der Waals surface area contributed by atoms with E-state index in [1.165, 1.54) is 48.9 Å². The summed E-state index contributed by atoms with van der Waals surface area (Å²) in [7, 11) is 1.42. The maximum atomic E-state index is 12.8. The third kappa shape index (κ3) is 6.02. The average Bonchev–Trinajstić information content (AvgIpc) is 3.25. The van der Waals surface area contributed by atoms with Crippen LogP contribution in [0.15, 0.2) is 71.8 Å². The SMILES string of the molecule is COc1cc(/C=N/NC(=O)COc2ccccc2[N+](=O)[O-])ccc1OC(=O)c1sc2ccccc2c1Cl. The van der Waals surface area contributed by atoms with Crippen molar-refractivity contribution in [2.45, 2.75) is 0 Å². The molecule has 1 aromatic heterocycles. The third-order valence-corrected chi connectivity index (χ3v) is 6.59. The Morgan fingerprint density at radius 1 is 1.08 bits per heavy atom. The number of nitro groups is 1. The molecule has 0 saturated heterocycles. The minimum atomic E-state index is -0.618. The van der Waals surface area contributed by atoms with Gasteiger partial charge in [-0.2, -0.15) is 5.10 Å². The topological polar surface area (TPSA) is 129 Å². The predicted molar refractivity (Wildman–Crippen MR) is 139 cm³/mol. The van der Waals surface area contributed by atoms with Crippen LogP contribution in [0.1, 0.15) is 15.2 Å². The monoisotopic (exact) mass is 539 g/mol. The highest BCUT2D eigenvalue weighted by Gasteiger charge is 2.20. The lowest BCUT2D eigenvalue weighted by Gasteiger charge is -2.09. The van der Waals surface area contributed by atoms with Crippen molar-refractivity contribution in [1.82, 2.24) is 5.43 Å². The fourth-order valence-corrected chi connectivity index (χ4v) is 4.61.